The van der Waals surface area contributed by atoms with Crippen molar-refractivity contribution < 1.29 is 0 Å². The van der Waals surface area contributed by atoms with E-state index in [1.54, 1.807) is 0 Å². The molecule has 2 heteroatoms. The van der Waals surface area contributed by atoms with E-state index in [-0.39, 0.29) is 0 Å². The molecule has 0 aliphatic carbocycles. The van der Waals surface area contributed by atoms with E-state index in [2.05, 4.69) is 67.9 Å². The van der Waals surface area contributed by atoms with Crippen LogP contribution in [0, 0.1) is 0 Å². The van der Waals surface area contributed by atoms with E-state index in [0.29, 0.717) is 12.0 Å². The van der Waals surface area contributed by atoms with Crippen molar-refractivity contribution in [2.75, 3.05) is 6.54 Å². The number of rotatable bonds is 8. The van der Waals surface area contributed by atoms with E-state index in [0.717, 1.165) is 6.54 Å². The van der Waals surface area contributed by atoms with Gasteiger partial charge in [-0.3, -0.25) is 0 Å². The van der Waals surface area contributed by atoms with Gasteiger partial charge in [0.1, 0.15) is 0 Å². The lowest BCUT2D eigenvalue weighted by Crippen LogP contribution is -2.21. The number of hydrogen-bond acceptors (Lipinski definition) is 2. The molecule has 1 aromatic carbocycles. The van der Waals surface area contributed by atoms with Crippen LogP contribution in [0.2, 0.25) is 0 Å². The maximum Gasteiger partial charge on any atom is 0.0320 e. The summed E-state index contributed by atoms with van der Waals surface area (Å²) in [5.74, 6) is 0.607. The minimum Gasteiger partial charge on any atom is -0.310 e. The Labute approximate surface area is 133 Å². The molecular weight excluding hydrogens is 274 g/mol. The van der Waals surface area contributed by atoms with Gasteiger partial charge in [0.2, 0.25) is 0 Å². The highest BCUT2D eigenvalue weighted by atomic mass is 32.1. The molecule has 1 unspecified atom stereocenters. The number of nitrogens with one attached hydrogen (secondary N) is 1. The quantitative estimate of drug-likeness (QED) is 0.674. The lowest BCUT2D eigenvalue weighted by atomic mass is 9.96. The Morgan fingerprint density at radius 1 is 1.05 bits per heavy atom. The molecule has 1 N–H and O–H groups in total. The molecule has 0 radical (unpaired) electrons. The SMILES string of the molecule is CCNC(CCCc1cccs1)c1ccc(C(C)C)cc1. The first-order chi connectivity index (χ1) is 10.2. The van der Waals surface area contributed by atoms with Gasteiger partial charge in [0.05, 0.1) is 0 Å². The average Bonchev–Trinajstić information content (AvgIpc) is 3.00. The fourth-order valence-corrected chi connectivity index (χ4v) is 3.43. The van der Waals surface area contributed by atoms with Gasteiger partial charge in [-0.05, 0) is 54.3 Å². The Balaban J connectivity index is 1.93. The normalized spacial score (nSPS) is 12.8. The number of hydrogen-bond donors (Lipinski definition) is 1. The molecule has 2 rings (SSSR count). The molecule has 0 saturated heterocycles. The van der Waals surface area contributed by atoms with Crippen LogP contribution in [-0.2, 0) is 6.42 Å². The minimum atomic E-state index is 0.483. The smallest absolute Gasteiger partial charge is 0.0320 e. The molecule has 0 amide bonds. The first-order valence-corrected chi connectivity index (χ1v) is 8.94. The summed E-state index contributed by atoms with van der Waals surface area (Å²) in [7, 11) is 0. The molecule has 1 aromatic heterocycles. The predicted octanol–water partition coefficient (Wildman–Crippen LogP) is 5.55. The van der Waals surface area contributed by atoms with Crippen molar-refractivity contribution in [3.8, 4) is 0 Å². The van der Waals surface area contributed by atoms with Crippen molar-refractivity contribution in [2.24, 2.45) is 0 Å². The molecule has 114 valence electrons. The molecule has 0 bridgehead atoms. The van der Waals surface area contributed by atoms with Crippen molar-refractivity contribution >= 4 is 11.3 Å². The summed E-state index contributed by atoms with van der Waals surface area (Å²) < 4.78 is 0. The van der Waals surface area contributed by atoms with E-state index in [1.807, 2.05) is 11.3 Å². The summed E-state index contributed by atoms with van der Waals surface area (Å²) in [6, 6.07) is 14.0. The van der Waals surface area contributed by atoms with Crippen LogP contribution in [0.3, 0.4) is 0 Å². The molecule has 21 heavy (non-hydrogen) atoms. The van der Waals surface area contributed by atoms with Gasteiger partial charge in [0.15, 0.2) is 0 Å². The summed E-state index contributed by atoms with van der Waals surface area (Å²) in [5.41, 5.74) is 2.85. The van der Waals surface area contributed by atoms with Gasteiger partial charge in [-0.15, -0.1) is 11.3 Å². The van der Waals surface area contributed by atoms with Gasteiger partial charge >= 0.3 is 0 Å². The third-order valence-corrected chi connectivity index (χ3v) is 4.89. The number of aryl methyl sites for hydroxylation is 1. The molecule has 0 fully saturated rings. The van der Waals surface area contributed by atoms with Gasteiger partial charge in [0.25, 0.3) is 0 Å². The number of benzene rings is 1. The van der Waals surface area contributed by atoms with Crippen LogP contribution in [-0.4, -0.2) is 6.54 Å². The molecular formula is C19H27NS. The fraction of sp³-hybridized carbons (Fsp3) is 0.474. The topological polar surface area (TPSA) is 12.0 Å². The molecule has 0 spiro atoms. The first-order valence-electron chi connectivity index (χ1n) is 8.06. The summed E-state index contributed by atoms with van der Waals surface area (Å²) in [4.78, 5) is 1.50. The Morgan fingerprint density at radius 3 is 2.33 bits per heavy atom. The standard InChI is InChI=1S/C19H27NS/c1-4-20-19(9-5-7-18-8-6-14-21-18)17-12-10-16(11-13-17)15(2)3/h6,8,10-15,19-20H,4-5,7,9H2,1-3H3. The largest absolute Gasteiger partial charge is 0.310 e. The van der Waals surface area contributed by atoms with E-state index in [1.165, 1.54) is 35.3 Å². The lowest BCUT2D eigenvalue weighted by molar-refractivity contribution is 0.499. The van der Waals surface area contributed by atoms with Gasteiger partial charge in [-0.1, -0.05) is 51.1 Å². The molecule has 1 heterocycles. The summed E-state index contributed by atoms with van der Waals surface area (Å²) in [6.45, 7) is 7.71. The summed E-state index contributed by atoms with van der Waals surface area (Å²) in [5, 5.41) is 5.80. The monoisotopic (exact) mass is 301 g/mol. The Bertz CT molecular complexity index is 499. The Hall–Kier alpha value is -1.12. The second kappa shape index (κ2) is 8.35. The molecule has 1 nitrogen and oxygen atoms in total. The van der Waals surface area contributed by atoms with Crippen molar-refractivity contribution in [1.82, 2.24) is 5.32 Å². The van der Waals surface area contributed by atoms with Crippen molar-refractivity contribution in [3.05, 3.63) is 57.8 Å². The van der Waals surface area contributed by atoms with E-state index in [9.17, 15) is 0 Å². The first kappa shape index (κ1) is 16.3. The Morgan fingerprint density at radius 2 is 1.76 bits per heavy atom. The average molecular weight is 301 g/mol. The van der Waals surface area contributed by atoms with E-state index >= 15 is 0 Å². The van der Waals surface area contributed by atoms with Gasteiger partial charge in [-0.2, -0.15) is 0 Å². The van der Waals surface area contributed by atoms with Crippen LogP contribution in [0.4, 0.5) is 0 Å². The summed E-state index contributed by atoms with van der Waals surface area (Å²) >= 11 is 1.87. The molecule has 0 aliphatic rings. The van der Waals surface area contributed by atoms with Gasteiger partial charge in [0, 0.05) is 10.9 Å². The van der Waals surface area contributed by atoms with Crippen LogP contribution in [0.1, 0.15) is 61.6 Å². The van der Waals surface area contributed by atoms with Gasteiger partial charge < -0.3 is 5.32 Å². The molecule has 1 atom stereocenters. The third kappa shape index (κ3) is 4.98. The highest BCUT2D eigenvalue weighted by Gasteiger charge is 2.10. The lowest BCUT2D eigenvalue weighted by Gasteiger charge is -2.19. The fourth-order valence-electron chi connectivity index (χ4n) is 2.68. The third-order valence-electron chi connectivity index (χ3n) is 3.95. The van der Waals surface area contributed by atoms with Crippen LogP contribution in [0.5, 0.6) is 0 Å². The van der Waals surface area contributed by atoms with Crippen LogP contribution >= 0.6 is 11.3 Å². The summed E-state index contributed by atoms with van der Waals surface area (Å²) in [6.07, 6.45) is 3.64. The minimum absolute atomic E-state index is 0.483. The molecule has 2 aromatic rings. The van der Waals surface area contributed by atoms with E-state index < -0.39 is 0 Å². The van der Waals surface area contributed by atoms with Crippen molar-refractivity contribution in [2.45, 2.75) is 52.0 Å². The second-order valence-corrected chi connectivity index (χ2v) is 6.94. The zero-order valence-corrected chi connectivity index (χ0v) is 14.2. The second-order valence-electron chi connectivity index (χ2n) is 5.90. The van der Waals surface area contributed by atoms with Crippen LogP contribution < -0.4 is 5.32 Å². The highest BCUT2D eigenvalue weighted by Crippen LogP contribution is 2.23. The number of thiophene rings is 1. The zero-order chi connectivity index (χ0) is 15.1. The molecule has 0 aliphatic heterocycles. The van der Waals surface area contributed by atoms with Crippen molar-refractivity contribution in [1.29, 1.82) is 0 Å². The highest BCUT2D eigenvalue weighted by molar-refractivity contribution is 7.09. The van der Waals surface area contributed by atoms with Crippen LogP contribution in [0.25, 0.3) is 0 Å². The Kier molecular flexibility index (Phi) is 6.47. The maximum atomic E-state index is 3.63. The zero-order valence-electron chi connectivity index (χ0n) is 13.4. The van der Waals surface area contributed by atoms with E-state index in [4.69, 9.17) is 0 Å². The maximum absolute atomic E-state index is 3.63. The van der Waals surface area contributed by atoms with Crippen molar-refractivity contribution in [3.63, 3.8) is 0 Å². The molecule has 0 saturated carbocycles. The predicted molar refractivity (Wildman–Crippen MR) is 94.2 cm³/mol. The van der Waals surface area contributed by atoms with Gasteiger partial charge in [-0.25, -0.2) is 0 Å². The van der Waals surface area contributed by atoms with Crippen LogP contribution in [0.15, 0.2) is 41.8 Å².